The molecule has 1 aliphatic carbocycles. The average molecular weight is 156 g/mol. The van der Waals surface area contributed by atoms with E-state index >= 15 is 0 Å². The highest BCUT2D eigenvalue weighted by molar-refractivity contribution is 4.91. The Morgan fingerprint density at radius 2 is 1.91 bits per heavy atom. The minimum Gasteiger partial charge on any atom is -0.393 e. The second-order valence-electron chi connectivity index (χ2n) is 4.65. The fourth-order valence-corrected chi connectivity index (χ4v) is 2.40. The van der Waals surface area contributed by atoms with Gasteiger partial charge in [-0.3, -0.25) is 0 Å². The molecule has 3 atom stereocenters. The molecular formula is C10H20O. The standard InChI is InChI=1S/C10H20O/c1-7-5-6-9(8(2)11)10(7,3)4/h7-9,11H,5-6H2,1-4H3/t7?,8?,9-/m1/s1. The molecule has 1 aliphatic rings. The Kier molecular flexibility index (Phi) is 2.29. The van der Waals surface area contributed by atoms with Gasteiger partial charge in [0.05, 0.1) is 6.10 Å². The van der Waals surface area contributed by atoms with Crippen molar-refractivity contribution in [3.63, 3.8) is 0 Å². The van der Waals surface area contributed by atoms with Gasteiger partial charge in [0.2, 0.25) is 0 Å². The van der Waals surface area contributed by atoms with Crippen molar-refractivity contribution in [1.82, 2.24) is 0 Å². The molecule has 1 rings (SSSR count). The van der Waals surface area contributed by atoms with Crippen LogP contribution in [0.5, 0.6) is 0 Å². The molecule has 0 radical (unpaired) electrons. The van der Waals surface area contributed by atoms with Gasteiger partial charge in [0.25, 0.3) is 0 Å². The summed E-state index contributed by atoms with van der Waals surface area (Å²) in [7, 11) is 0. The molecule has 1 saturated carbocycles. The molecule has 0 spiro atoms. The van der Waals surface area contributed by atoms with Gasteiger partial charge in [-0.2, -0.15) is 0 Å². The fraction of sp³-hybridized carbons (Fsp3) is 1.00. The summed E-state index contributed by atoms with van der Waals surface area (Å²) in [6.07, 6.45) is 2.35. The van der Waals surface area contributed by atoms with Crippen LogP contribution in [0.3, 0.4) is 0 Å². The van der Waals surface area contributed by atoms with Crippen LogP contribution in [0.4, 0.5) is 0 Å². The highest BCUT2D eigenvalue weighted by Crippen LogP contribution is 2.48. The summed E-state index contributed by atoms with van der Waals surface area (Å²) in [6, 6.07) is 0. The Morgan fingerprint density at radius 1 is 1.36 bits per heavy atom. The number of rotatable bonds is 1. The van der Waals surface area contributed by atoms with Gasteiger partial charge < -0.3 is 5.11 Å². The first-order valence-electron chi connectivity index (χ1n) is 4.64. The molecule has 0 amide bonds. The van der Waals surface area contributed by atoms with Crippen LogP contribution in [0.15, 0.2) is 0 Å². The third kappa shape index (κ3) is 1.44. The highest BCUT2D eigenvalue weighted by atomic mass is 16.3. The second kappa shape index (κ2) is 2.78. The van der Waals surface area contributed by atoms with E-state index in [1.807, 2.05) is 6.92 Å². The maximum Gasteiger partial charge on any atom is 0.0545 e. The van der Waals surface area contributed by atoms with E-state index in [1.54, 1.807) is 0 Å². The summed E-state index contributed by atoms with van der Waals surface area (Å²) in [4.78, 5) is 0. The number of hydrogen-bond donors (Lipinski definition) is 1. The van der Waals surface area contributed by atoms with Crippen LogP contribution in [0, 0.1) is 17.3 Å². The SMILES string of the molecule is CC(O)[C@H]1CCC(C)C1(C)C. The maximum atomic E-state index is 9.51. The molecule has 11 heavy (non-hydrogen) atoms. The maximum absolute atomic E-state index is 9.51. The highest BCUT2D eigenvalue weighted by Gasteiger charge is 2.42. The van der Waals surface area contributed by atoms with Gasteiger partial charge >= 0.3 is 0 Å². The third-order valence-electron chi connectivity index (χ3n) is 3.72. The van der Waals surface area contributed by atoms with E-state index in [0.717, 1.165) is 5.92 Å². The molecule has 0 bridgehead atoms. The average Bonchev–Trinajstić information content (AvgIpc) is 2.08. The van der Waals surface area contributed by atoms with E-state index < -0.39 is 0 Å². The summed E-state index contributed by atoms with van der Waals surface area (Å²) in [5.74, 6) is 1.28. The molecule has 0 aromatic carbocycles. The van der Waals surface area contributed by atoms with Crippen molar-refractivity contribution in [3.8, 4) is 0 Å². The zero-order valence-corrected chi connectivity index (χ0v) is 8.09. The van der Waals surface area contributed by atoms with Crippen LogP contribution >= 0.6 is 0 Å². The lowest BCUT2D eigenvalue weighted by atomic mass is 9.74. The monoisotopic (exact) mass is 156 g/mol. The molecule has 2 unspecified atom stereocenters. The van der Waals surface area contributed by atoms with Gasteiger partial charge in [0.1, 0.15) is 0 Å². The zero-order valence-electron chi connectivity index (χ0n) is 8.09. The van der Waals surface area contributed by atoms with E-state index in [4.69, 9.17) is 0 Å². The first-order valence-corrected chi connectivity index (χ1v) is 4.64. The second-order valence-corrected chi connectivity index (χ2v) is 4.65. The lowest BCUT2D eigenvalue weighted by Gasteiger charge is -2.33. The lowest BCUT2D eigenvalue weighted by molar-refractivity contribution is 0.0531. The van der Waals surface area contributed by atoms with Crippen molar-refractivity contribution in [2.75, 3.05) is 0 Å². The molecule has 0 aromatic heterocycles. The molecule has 0 aliphatic heterocycles. The van der Waals surface area contributed by atoms with Crippen LogP contribution in [0.2, 0.25) is 0 Å². The third-order valence-corrected chi connectivity index (χ3v) is 3.72. The molecule has 1 N–H and O–H groups in total. The van der Waals surface area contributed by atoms with E-state index in [1.165, 1.54) is 12.8 Å². The van der Waals surface area contributed by atoms with Gasteiger partial charge in [-0.15, -0.1) is 0 Å². The fourth-order valence-electron chi connectivity index (χ4n) is 2.40. The first kappa shape index (κ1) is 9.05. The first-order chi connectivity index (χ1) is 4.96. The topological polar surface area (TPSA) is 20.2 Å². The Balaban J connectivity index is 2.70. The van der Waals surface area contributed by atoms with Crippen LogP contribution in [0.1, 0.15) is 40.5 Å². The van der Waals surface area contributed by atoms with Gasteiger partial charge in [0.15, 0.2) is 0 Å². The van der Waals surface area contributed by atoms with Crippen LogP contribution in [-0.4, -0.2) is 11.2 Å². The Labute approximate surface area is 69.8 Å². The normalized spacial score (nSPS) is 39.0. The smallest absolute Gasteiger partial charge is 0.0545 e. The van der Waals surface area contributed by atoms with Gasteiger partial charge in [-0.1, -0.05) is 20.8 Å². The predicted molar refractivity (Wildman–Crippen MR) is 47.3 cm³/mol. The summed E-state index contributed by atoms with van der Waals surface area (Å²) in [6.45, 7) is 8.77. The predicted octanol–water partition coefficient (Wildman–Crippen LogP) is 2.44. The van der Waals surface area contributed by atoms with Crippen molar-refractivity contribution in [3.05, 3.63) is 0 Å². The van der Waals surface area contributed by atoms with E-state index in [-0.39, 0.29) is 6.10 Å². The van der Waals surface area contributed by atoms with E-state index in [9.17, 15) is 5.11 Å². The molecule has 1 nitrogen and oxygen atoms in total. The molecule has 0 aromatic rings. The number of aliphatic hydroxyl groups is 1. The lowest BCUT2D eigenvalue weighted by Crippen LogP contribution is -2.30. The zero-order chi connectivity index (χ0) is 8.65. The number of hydrogen-bond acceptors (Lipinski definition) is 1. The molecular weight excluding hydrogens is 136 g/mol. The van der Waals surface area contributed by atoms with Crippen molar-refractivity contribution in [1.29, 1.82) is 0 Å². The Hall–Kier alpha value is -0.0400. The summed E-state index contributed by atoms with van der Waals surface area (Å²) >= 11 is 0. The van der Waals surface area contributed by atoms with Crippen molar-refractivity contribution in [2.24, 2.45) is 17.3 Å². The molecule has 1 fully saturated rings. The van der Waals surface area contributed by atoms with E-state index in [0.29, 0.717) is 11.3 Å². The molecule has 1 heteroatoms. The van der Waals surface area contributed by atoms with Crippen molar-refractivity contribution >= 4 is 0 Å². The largest absolute Gasteiger partial charge is 0.393 e. The van der Waals surface area contributed by atoms with E-state index in [2.05, 4.69) is 20.8 Å². The molecule has 0 saturated heterocycles. The van der Waals surface area contributed by atoms with Crippen molar-refractivity contribution in [2.45, 2.75) is 46.6 Å². The Bertz CT molecular complexity index is 138. The Morgan fingerprint density at radius 3 is 2.09 bits per heavy atom. The molecule has 0 heterocycles. The van der Waals surface area contributed by atoms with Crippen LogP contribution in [0.25, 0.3) is 0 Å². The minimum atomic E-state index is -0.130. The van der Waals surface area contributed by atoms with Gasteiger partial charge in [-0.05, 0) is 37.0 Å². The van der Waals surface area contributed by atoms with Crippen LogP contribution < -0.4 is 0 Å². The molecule has 66 valence electrons. The quantitative estimate of drug-likeness (QED) is 0.618. The van der Waals surface area contributed by atoms with Crippen LogP contribution in [-0.2, 0) is 0 Å². The summed E-state index contributed by atoms with van der Waals surface area (Å²) in [5.41, 5.74) is 0.341. The van der Waals surface area contributed by atoms with Crippen molar-refractivity contribution < 1.29 is 5.11 Å². The summed E-state index contributed by atoms with van der Waals surface area (Å²) < 4.78 is 0. The number of aliphatic hydroxyl groups excluding tert-OH is 1. The minimum absolute atomic E-state index is 0.130. The van der Waals surface area contributed by atoms with Gasteiger partial charge in [-0.25, -0.2) is 0 Å². The van der Waals surface area contributed by atoms with Gasteiger partial charge in [0, 0.05) is 0 Å². The summed E-state index contributed by atoms with van der Waals surface area (Å²) in [5, 5.41) is 9.51.